The van der Waals surface area contributed by atoms with Crippen molar-refractivity contribution in [2.75, 3.05) is 6.54 Å². The van der Waals surface area contributed by atoms with Gasteiger partial charge in [-0.15, -0.1) is 0 Å². The molecule has 0 aliphatic heterocycles. The van der Waals surface area contributed by atoms with Gasteiger partial charge in [0.15, 0.2) is 0 Å². The van der Waals surface area contributed by atoms with E-state index in [1.54, 1.807) is 0 Å². The molecule has 2 N–H and O–H groups in total. The van der Waals surface area contributed by atoms with Gasteiger partial charge >= 0.3 is 0 Å². The van der Waals surface area contributed by atoms with Gasteiger partial charge in [-0.05, 0) is 69.2 Å². The average molecular weight is 427 g/mol. The van der Waals surface area contributed by atoms with E-state index in [1.807, 2.05) is 0 Å². The molecule has 0 amide bonds. The minimum atomic E-state index is -3.64. The Balaban J connectivity index is 1.59. The van der Waals surface area contributed by atoms with Crippen LogP contribution in [-0.2, 0) is 20.0 Å². The Labute approximate surface area is 168 Å². The van der Waals surface area contributed by atoms with Crippen LogP contribution in [0.15, 0.2) is 45.7 Å². The molecule has 0 unspecified atom stereocenters. The van der Waals surface area contributed by atoms with Gasteiger partial charge in [0.2, 0.25) is 20.0 Å². The predicted octanol–water partition coefficient (Wildman–Crippen LogP) is 3.47. The van der Waals surface area contributed by atoms with E-state index < -0.39 is 20.0 Å². The van der Waals surface area contributed by atoms with Gasteiger partial charge in [-0.1, -0.05) is 30.9 Å². The highest BCUT2D eigenvalue weighted by Crippen LogP contribution is 2.22. The van der Waals surface area contributed by atoms with E-state index in [-0.39, 0.29) is 15.8 Å². The molecule has 0 radical (unpaired) electrons. The Kier molecular flexibility index (Phi) is 7.31. The van der Waals surface area contributed by atoms with E-state index in [9.17, 15) is 16.8 Å². The minimum absolute atomic E-state index is 0.0297. The summed E-state index contributed by atoms with van der Waals surface area (Å²) in [4.78, 5) is 0.186. The lowest BCUT2D eigenvalue weighted by molar-refractivity contribution is 0.412. The molecule has 2 aliphatic rings. The summed E-state index contributed by atoms with van der Waals surface area (Å²) in [7, 11) is -7.27. The highest BCUT2D eigenvalue weighted by atomic mass is 32.2. The summed E-state index contributed by atoms with van der Waals surface area (Å²) in [5, 5.41) is 0. The SMILES string of the molecule is O=S(=O)(NCCC1=CCCCC1)c1ccc(S(=O)(=O)NC2CCCCC2)cc1. The van der Waals surface area contributed by atoms with Gasteiger partial charge in [-0.3, -0.25) is 0 Å². The van der Waals surface area contributed by atoms with Crippen LogP contribution in [0.1, 0.15) is 64.2 Å². The van der Waals surface area contributed by atoms with Crippen molar-refractivity contribution in [1.82, 2.24) is 9.44 Å². The molecule has 28 heavy (non-hydrogen) atoms. The molecule has 0 aromatic heterocycles. The topological polar surface area (TPSA) is 92.3 Å². The third-order valence-electron chi connectivity index (χ3n) is 5.49. The second-order valence-electron chi connectivity index (χ2n) is 7.68. The molecule has 0 bridgehead atoms. The molecular weight excluding hydrogens is 396 g/mol. The normalized spacial score (nSPS) is 19.4. The molecule has 0 spiro atoms. The lowest BCUT2D eigenvalue weighted by atomic mass is 9.96. The van der Waals surface area contributed by atoms with Crippen molar-refractivity contribution in [3.63, 3.8) is 0 Å². The van der Waals surface area contributed by atoms with Crippen molar-refractivity contribution in [3.8, 4) is 0 Å². The first kappa shape index (κ1) is 21.5. The van der Waals surface area contributed by atoms with Crippen molar-refractivity contribution in [2.24, 2.45) is 0 Å². The molecule has 156 valence electrons. The zero-order valence-corrected chi connectivity index (χ0v) is 17.8. The van der Waals surface area contributed by atoms with Gasteiger partial charge in [0.05, 0.1) is 9.79 Å². The Hall–Kier alpha value is -1.22. The van der Waals surface area contributed by atoms with Crippen molar-refractivity contribution in [2.45, 2.75) is 80.0 Å². The van der Waals surface area contributed by atoms with Crippen LogP contribution in [0.5, 0.6) is 0 Å². The second kappa shape index (κ2) is 9.52. The Morgan fingerprint density at radius 2 is 1.46 bits per heavy atom. The highest BCUT2D eigenvalue weighted by molar-refractivity contribution is 7.90. The smallest absolute Gasteiger partial charge is 0.211 e. The highest BCUT2D eigenvalue weighted by Gasteiger charge is 2.22. The molecule has 8 heteroatoms. The third kappa shape index (κ3) is 5.89. The van der Waals surface area contributed by atoms with Crippen LogP contribution in [0.25, 0.3) is 0 Å². The molecular formula is C20H30N2O4S2. The second-order valence-corrected chi connectivity index (χ2v) is 11.2. The maximum atomic E-state index is 12.5. The van der Waals surface area contributed by atoms with Crippen LogP contribution in [0, 0.1) is 0 Å². The first-order chi connectivity index (χ1) is 13.4. The van der Waals surface area contributed by atoms with E-state index >= 15 is 0 Å². The monoisotopic (exact) mass is 426 g/mol. The van der Waals surface area contributed by atoms with Crippen LogP contribution in [0.4, 0.5) is 0 Å². The fourth-order valence-corrected chi connectivity index (χ4v) is 6.20. The molecule has 0 heterocycles. The zero-order valence-electron chi connectivity index (χ0n) is 16.2. The molecule has 1 aromatic rings. The summed E-state index contributed by atoms with van der Waals surface area (Å²) in [6.07, 6.45) is 12.3. The molecule has 0 saturated heterocycles. The van der Waals surface area contributed by atoms with Gasteiger partial charge in [0.1, 0.15) is 0 Å². The molecule has 2 aliphatic carbocycles. The molecule has 1 aromatic carbocycles. The number of allylic oxidation sites excluding steroid dienone is 1. The number of nitrogens with one attached hydrogen (secondary N) is 2. The third-order valence-corrected chi connectivity index (χ3v) is 8.51. The lowest BCUT2D eigenvalue weighted by Gasteiger charge is -2.22. The van der Waals surface area contributed by atoms with E-state index in [2.05, 4.69) is 15.5 Å². The largest absolute Gasteiger partial charge is 0.240 e. The maximum absolute atomic E-state index is 12.5. The predicted molar refractivity (Wildman–Crippen MR) is 110 cm³/mol. The van der Waals surface area contributed by atoms with Crippen LogP contribution in [0.2, 0.25) is 0 Å². The number of benzene rings is 1. The summed E-state index contributed by atoms with van der Waals surface area (Å²) in [5.74, 6) is 0. The summed E-state index contributed by atoms with van der Waals surface area (Å²) in [6.45, 7) is 0.359. The van der Waals surface area contributed by atoms with E-state index in [4.69, 9.17) is 0 Å². The quantitative estimate of drug-likeness (QED) is 0.623. The van der Waals surface area contributed by atoms with Crippen LogP contribution < -0.4 is 9.44 Å². The summed E-state index contributed by atoms with van der Waals surface area (Å²) < 4.78 is 55.3. The molecule has 1 saturated carbocycles. The Morgan fingerprint density at radius 1 is 0.821 bits per heavy atom. The van der Waals surface area contributed by atoms with Crippen LogP contribution in [-0.4, -0.2) is 29.4 Å². The van der Waals surface area contributed by atoms with E-state index in [1.165, 1.54) is 42.7 Å². The van der Waals surface area contributed by atoms with Crippen molar-refractivity contribution in [1.29, 1.82) is 0 Å². The van der Waals surface area contributed by atoms with E-state index in [0.717, 1.165) is 51.4 Å². The summed E-state index contributed by atoms with van der Waals surface area (Å²) >= 11 is 0. The summed E-state index contributed by atoms with van der Waals surface area (Å²) in [6, 6.07) is 5.42. The number of hydrogen-bond donors (Lipinski definition) is 2. The molecule has 3 rings (SSSR count). The zero-order chi connectivity index (χ0) is 20.0. The van der Waals surface area contributed by atoms with Crippen molar-refractivity contribution < 1.29 is 16.8 Å². The van der Waals surface area contributed by atoms with Crippen LogP contribution in [0.3, 0.4) is 0 Å². The number of rotatable bonds is 8. The standard InChI is InChI=1S/C20H30N2O4S2/c23-27(24,21-16-15-17-7-3-1-4-8-17)19-11-13-20(14-12-19)28(25,26)22-18-9-5-2-6-10-18/h7,11-14,18,21-22H,1-6,8-10,15-16H2. The Bertz CT molecular complexity index is 885. The fraction of sp³-hybridized carbons (Fsp3) is 0.600. The lowest BCUT2D eigenvalue weighted by Crippen LogP contribution is -2.36. The van der Waals surface area contributed by atoms with Crippen molar-refractivity contribution >= 4 is 20.0 Å². The minimum Gasteiger partial charge on any atom is -0.211 e. The number of hydrogen-bond acceptors (Lipinski definition) is 4. The molecule has 6 nitrogen and oxygen atoms in total. The van der Waals surface area contributed by atoms with Gasteiger partial charge in [0.25, 0.3) is 0 Å². The van der Waals surface area contributed by atoms with Gasteiger partial charge in [-0.25, -0.2) is 26.3 Å². The average Bonchev–Trinajstić information content (AvgIpc) is 2.69. The van der Waals surface area contributed by atoms with Gasteiger partial charge in [-0.2, -0.15) is 0 Å². The van der Waals surface area contributed by atoms with E-state index in [0.29, 0.717) is 6.54 Å². The fourth-order valence-electron chi connectivity index (χ4n) is 3.87. The Morgan fingerprint density at radius 3 is 2.07 bits per heavy atom. The first-order valence-corrected chi connectivity index (χ1v) is 13.1. The first-order valence-electron chi connectivity index (χ1n) is 10.2. The number of sulfonamides is 2. The van der Waals surface area contributed by atoms with Gasteiger partial charge in [0, 0.05) is 12.6 Å². The van der Waals surface area contributed by atoms with Gasteiger partial charge < -0.3 is 0 Å². The molecule has 1 fully saturated rings. The molecule has 0 atom stereocenters. The maximum Gasteiger partial charge on any atom is 0.240 e. The van der Waals surface area contributed by atoms with Crippen molar-refractivity contribution in [3.05, 3.63) is 35.9 Å². The summed E-state index contributed by atoms with van der Waals surface area (Å²) in [5.41, 5.74) is 1.31. The van der Waals surface area contributed by atoms with Crippen LogP contribution >= 0.6 is 0 Å².